The van der Waals surface area contributed by atoms with E-state index in [0.717, 1.165) is 5.56 Å². The average Bonchev–Trinajstić information content (AvgIpc) is 2.14. The molecule has 0 aliphatic heterocycles. The average molecular weight is 255 g/mol. The zero-order valence-electron chi connectivity index (χ0n) is 10.4. The molecular formula is C12H17NO3S. The molecule has 0 spiro atoms. The number of nitrogens with one attached hydrogen (secondary N) is 1. The summed E-state index contributed by atoms with van der Waals surface area (Å²) in [6, 6.07) is 6.53. The number of carbonyl (C=O) groups excluding carboxylic acids is 1. The highest BCUT2D eigenvalue weighted by Crippen LogP contribution is 2.23. The van der Waals surface area contributed by atoms with Crippen LogP contribution in [0.15, 0.2) is 29.2 Å². The van der Waals surface area contributed by atoms with E-state index in [4.69, 9.17) is 0 Å². The summed E-state index contributed by atoms with van der Waals surface area (Å²) in [5.74, 6) is -0.593. The summed E-state index contributed by atoms with van der Waals surface area (Å²) < 4.78 is 25.3. The van der Waals surface area contributed by atoms with Gasteiger partial charge < -0.3 is 0 Å². The SMILES string of the molecule is CC(=O)NS(=O)(=O)c1ccc(C(C)(C)C)cc1. The van der Waals surface area contributed by atoms with Crippen molar-refractivity contribution in [3.63, 3.8) is 0 Å². The van der Waals surface area contributed by atoms with E-state index in [0.29, 0.717) is 0 Å². The van der Waals surface area contributed by atoms with Crippen LogP contribution in [0.4, 0.5) is 0 Å². The van der Waals surface area contributed by atoms with Crippen LogP contribution in [0, 0.1) is 0 Å². The fraction of sp³-hybridized carbons (Fsp3) is 0.417. The van der Waals surface area contributed by atoms with Crippen molar-refractivity contribution < 1.29 is 13.2 Å². The summed E-state index contributed by atoms with van der Waals surface area (Å²) in [7, 11) is -3.72. The second-order valence-electron chi connectivity index (χ2n) is 4.94. The normalized spacial score (nSPS) is 12.2. The molecule has 0 unspecified atom stereocenters. The van der Waals surface area contributed by atoms with Gasteiger partial charge in [0, 0.05) is 6.92 Å². The molecule has 1 aromatic carbocycles. The molecule has 1 rings (SSSR count). The first-order valence-corrected chi connectivity index (χ1v) is 6.75. The molecule has 17 heavy (non-hydrogen) atoms. The predicted octanol–water partition coefficient (Wildman–Crippen LogP) is 1.81. The van der Waals surface area contributed by atoms with Gasteiger partial charge in [-0.3, -0.25) is 4.79 Å². The van der Waals surface area contributed by atoms with Gasteiger partial charge >= 0.3 is 0 Å². The smallest absolute Gasteiger partial charge is 0.264 e. The van der Waals surface area contributed by atoms with Gasteiger partial charge in [0.1, 0.15) is 0 Å². The third kappa shape index (κ3) is 3.56. The van der Waals surface area contributed by atoms with Crippen molar-refractivity contribution in [2.45, 2.75) is 38.0 Å². The molecule has 1 aromatic rings. The molecule has 0 heterocycles. The lowest BCUT2D eigenvalue weighted by Crippen LogP contribution is -2.28. The zero-order valence-corrected chi connectivity index (χ0v) is 11.3. The van der Waals surface area contributed by atoms with Crippen LogP contribution in [0.1, 0.15) is 33.3 Å². The standard InChI is InChI=1S/C12H17NO3S/c1-9(14)13-17(15,16)11-7-5-10(6-8-11)12(2,3)4/h5-8H,1-4H3,(H,13,14). The van der Waals surface area contributed by atoms with E-state index >= 15 is 0 Å². The van der Waals surface area contributed by atoms with Crippen LogP contribution in [0.3, 0.4) is 0 Å². The maximum Gasteiger partial charge on any atom is 0.264 e. The maximum absolute atomic E-state index is 11.7. The van der Waals surface area contributed by atoms with E-state index in [2.05, 4.69) is 0 Å². The number of hydrogen-bond donors (Lipinski definition) is 1. The molecule has 1 amide bonds. The third-order valence-corrected chi connectivity index (χ3v) is 3.76. The Hall–Kier alpha value is -1.36. The summed E-state index contributed by atoms with van der Waals surface area (Å²) in [5.41, 5.74) is 1.01. The molecule has 0 fully saturated rings. The molecule has 0 aliphatic rings. The van der Waals surface area contributed by atoms with Crippen molar-refractivity contribution in [2.75, 3.05) is 0 Å². The molecule has 0 radical (unpaired) electrons. The van der Waals surface area contributed by atoms with Crippen LogP contribution < -0.4 is 4.72 Å². The fourth-order valence-electron chi connectivity index (χ4n) is 1.38. The van der Waals surface area contributed by atoms with Gasteiger partial charge in [0.25, 0.3) is 10.0 Å². The van der Waals surface area contributed by atoms with E-state index < -0.39 is 15.9 Å². The number of benzene rings is 1. The Morgan fingerprint density at radius 3 is 1.94 bits per heavy atom. The van der Waals surface area contributed by atoms with E-state index in [9.17, 15) is 13.2 Å². The van der Waals surface area contributed by atoms with Crippen LogP contribution in [-0.4, -0.2) is 14.3 Å². The summed E-state index contributed by atoms with van der Waals surface area (Å²) in [5, 5.41) is 0. The minimum atomic E-state index is -3.72. The summed E-state index contributed by atoms with van der Waals surface area (Å²) in [4.78, 5) is 10.9. The molecule has 0 atom stereocenters. The predicted molar refractivity (Wildman–Crippen MR) is 66.1 cm³/mol. The quantitative estimate of drug-likeness (QED) is 0.876. The Bertz CT molecular complexity index is 510. The van der Waals surface area contributed by atoms with Crippen molar-refractivity contribution in [2.24, 2.45) is 0 Å². The van der Waals surface area contributed by atoms with Crippen LogP contribution in [0.25, 0.3) is 0 Å². The third-order valence-electron chi connectivity index (χ3n) is 2.31. The first kappa shape index (κ1) is 13.7. The van der Waals surface area contributed by atoms with Crippen LogP contribution >= 0.6 is 0 Å². The topological polar surface area (TPSA) is 63.2 Å². The number of hydrogen-bond acceptors (Lipinski definition) is 3. The van der Waals surface area contributed by atoms with Crippen LogP contribution in [0.5, 0.6) is 0 Å². The van der Waals surface area contributed by atoms with Crippen molar-refractivity contribution in [1.29, 1.82) is 0 Å². The molecule has 0 saturated heterocycles. The van der Waals surface area contributed by atoms with E-state index in [-0.39, 0.29) is 10.3 Å². The van der Waals surface area contributed by atoms with E-state index in [1.54, 1.807) is 12.1 Å². The molecule has 0 bridgehead atoms. The highest BCUT2D eigenvalue weighted by Gasteiger charge is 2.18. The van der Waals surface area contributed by atoms with E-state index in [1.165, 1.54) is 19.1 Å². The number of amides is 1. The van der Waals surface area contributed by atoms with Crippen LogP contribution in [-0.2, 0) is 20.2 Å². The first-order valence-electron chi connectivity index (χ1n) is 5.27. The highest BCUT2D eigenvalue weighted by atomic mass is 32.2. The van der Waals surface area contributed by atoms with Gasteiger partial charge in [-0.1, -0.05) is 32.9 Å². The lowest BCUT2D eigenvalue weighted by atomic mass is 9.87. The molecule has 0 aromatic heterocycles. The van der Waals surface area contributed by atoms with Crippen LogP contribution in [0.2, 0.25) is 0 Å². The molecule has 5 heteroatoms. The van der Waals surface area contributed by atoms with Gasteiger partial charge in [-0.15, -0.1) is 0 Å². The van der Waals surface area contributed by atoms with Crippen molar-refractivity contribution in [1.82, 2.24) is 4.72 Å². The minimum Gasteiger partial charge on any atom is -0.274 e. The first-order chi connectivity index (χ1) is 7.63. The molecule has 0 saturated carbocycles. The molecule has 4 nitrogen and oxygen atoms in total. The number of sulfonamides is 1. The lowest BCUT2D eigenvalue weighted by Gasteiger charge is -2.19. The van der Waals surface area contributed by atoms with Crippen molar-refractivity contribution in [3.8, 4) is 0 Å². The molecule has 1 N–H and O–H groups in total. The maximum atomic E-state index is 11.7. The van der Waals surface area contributed by atoms with E-state index in [1.807, 2.05) is 25.5 Å². The number of carbonyl (C=O) groups is 1. The molecule has 94 valence electrons. The zero-order chi connectivity index (χ0) is 13.3. The van der Waals surface area contributed by atoms with Gasteiger partial charge in [-0.25, -0.2) is 13.1 Å². The van der Waals surface area contributed by atoms with Gasteiger partial charge in [-0.2, -0.15) is 0 Å². The molecular weight excluding hydrogens is 238 g/mol. The van der Waals surface area contributed by atoms with Crippen molar-refractivity contribution >= 4 is 15.9 Å². The Kier molecular flexibility index (Phi) is 3.62. The Morgan fingerprint density at radius 2 is 1.59 bits per heavy atom. The Morgan fingerprint density at radius 1 is 1.12 bits per heavy atom. The molecule has 0 aliphatic carbocycles. The Labute approximate surface area is 102 Å². The summed E-state index contributed by atoms with van der Waals surface area (Å²) in [6.07, 6.45) is 0. The largest absolute Gasteiger partial charge is 0.274 e. The Balaban J connectivity index is 3.08. The minimum absolute atomic E-state index is 0.0315. The van der Waals surface area contributed by atoms with Crippen molar-refractivity contribution in [3.05, 3.63) is 29.8 Å². The van der Waals surface area contributed by atoms with Gasteiger partial charge in [0.15, 0.2) is 0 Å². The van der Waals surface area contributed by atoms with Gasteiger partial charge in [-0.05, 0) is 23.1 Å². The second-order valence-corrected chi connectivity index (χ2v) is 6.62. The van der Waals surface area contributed by atoms with Gasteiger partial charge in [0.2, 0.25) is 5.91 Å². The lowest BCUT2D eigenvalue weighted by molar-refractivity contribution is -0.117. The second kappa shape index (κ2) is 4.49. The highest BCUT2D eigenvalue weighted by molar-refractivity contribution is 7.90. The van der Waals surface area contributed by atoms with Gasteiger partial charge in [0.05, 0.1) is 4.90 Å². The summed E-state index contributed by atoms with van der Waals surface area (Å²) >= 11 is 0. The monoisotopic (exact) mass is 255 g/mol. The summed E-state index contributed by atoms with van der Waals surface area (Å²) in [6.45, 7) is 7.31. The number of rotatable bonds is 2. The fourth-order valence-corrected chi connectivity index (χ4v) is 2.37.